The molecule has 0 saturated heterocycles. The lowest BCUT2D eigenvalue weighted by atomic mass is 10.0. The van der Waals surface area contributed by atoms with E-state index >= 15 is 0 Å². The molecule has 0 amide bonds. The van der Waals surface area contributed by atoms with Crippen LogP contribution in [0.4, 0.5) is 0 Å². The van der Waals surface area contributed by atoms with Gasteiger partial charge in [-0.25, -0.2) is 0 Å². The molecule has 1 aliphatic heterocycles. The molecule has 0 fully saturated rings. The molecular weight excluding hydrogens is 296 g/mol. The molecule has 3 heterocycles. The van der Waals surface area contributed by atoms with Crippen molar-refractivity contribution in [2.45, 2.75) is 26.8 Å². The molecule has 3 aromatic rings. The van der Waals surface area contributed by atoms with Crippen molar-refractivity contribution < 1.29 is 0 Å². The Kier molecular flexibility index (Phi) is 3.69. The van der Waals surface area contributed by atoms with E-state index in [1.165, 1.54) is 27.7 Å². The third-order valence-electron chi connectivity index (χ3n) is 4.82. The second-order valence-corrected chi connectivity index (χ2v) is 6.71. The highest BCUT2D eigenvalue weighted by molar-refractivity contribution is 5.90. The van der Waals surface area contributed by atoms with Crippen molar-refractivity contribution in [3.63, 3.8) is 0 Å². The molecule has 0 radical (unpaired) electrons. The molecule has 2 aromatic heterocycles. The highest BCUT2D eigenvalue weighted by atomic mass is 15.1. The monoisotopic (exact) mass is 318 g/mol. The molecule has 24 heavy (non-hydrogen) atoms. The molecule has 1 aromatic carbocycles. The minimum absolute atomic E-state index is 0.924. The summed E-state index contributed by atoms with van der Waals surface area (Å²) in [5.74, 6) is 0. The van der Waals surface area contributed by atoms with E-state index in [1.807, 2.05) is 6.20 Å². The van der Waals surface area contributed by atoms with Crippen LogP contribution < -0.4 is 0 Å². The molecule has 0 aliphatic carbocycles. The smallest absolute Gasteiger partial charge is 0.0856 e. The van der Waals surface area contributed by atoms with E-state index < -0.39 is 0 Å². The van der Waals surface area contributed by atoms with E-state index in [1.54, 1.807) is 12.4 Å². The van der Waals surface area contributed by atoms with Crippen molar-refractivity contribution >= 4 is 22.7 Å². The Hall–Kier alpha value is -2.46. The van der Waals surface area contributed by atoms with Crippen LogP contribution in [0.5, 0.6) is 0 Å². The molecule has 1 aliphatic rings. The third-order valence-corrected chi connectivity index (χ3v) is 4.82. The van der Waals surface area contributed by atoms with Crippen molar-refractivity contribution in [1.82, 2.24) is 19.4 Å². The Labute approximate surface area is 142 Å². The summed E-state index contributed by atoms with van der Waals surface area (Å²) >= 11 is 0. The lowest BCUT2D eigenvalue weighted by molar-refractivity contribution is 0.312. The number of nitrogens with zero attached hydrogens (tertiary/aromatic N) is 4. The maximum Gasteiger partial charge on any atom is 0.0856 e. The number of aryl methyl sites for hydroxylation is 1. The summed E-state index contributed by atoms with van der Waals surface area (Å²) in [6.07, 6.45) is 8.56. The van der Waals surface area contributed by atoms with Crippen molar-refractivity contribution in [2.24, 2.45) is 0 Å². The van der Waals surface area contributed by atoms with Crippen molar-refractivity contribution in [2.75, 3.05) is 13.6 Å². The summed E-state index contributed by atoms with van der Waals surface area (Å²) < 4.78 is 2.36. The zero-order valence-corrected chi connectivity index (χ0v) is 14.5. The van der Waals surface area contributed by atoms with E-state index in [0.717, 1.165) is 30.8 Å². The molecule has 0 saturated carbocycles. The molecule has 4 rings (SSSR count). The van der Waals surface area contributed by atoms with Gasteiger partial charge >= 0.3 is 0 Å². The largest absolute Gasteiger partial charge is 0.320 e. The summed E-state index contributed by atoms with van der Waals surface area (Å²) in [6.45, 7) is 6.38. The third kappa shape index (κ3) is 2.53. The number of benzene rings is 1. The van der Waals surface area contributed by atoms with Gasteiger partial charge in [-0.05, 0) is 44.2 Å². The first-order chi connectivity index (χ1) is 11.6. The van der Waals surface area contributed by atoms with Crippen LogP contribution in [-0.4, -0.2) is 33.0 Å². The first-order valence-corrected chi connectivity index (χ1v) is 8.39. The van der Waals surface area contributed by atoms with Crippen LogP contribution in [0.2, 0.25) is 0 Å². The number of fused-ring (bicyclic) bond motifs is 3. The van der Waals surface area contributed by atoms with Crippen molar-refractivity contribution in [3.05, 3.63) is 59.3 Å². The summed E-state index contributed by atoms with van der Waals surface area (Å²) in [5.41, 5.74) is 7.53. The molecule has 0 unspecified atom stereocenters. The lowest BCUT2D eigenvalue weighted by Crippen LogP contribution is -2.26. The van der Waals surface area contributed by atoms with Gasteiger partial charge in [-0.2, -0.15) is 0 Å². The second-order valence-electron chi connectivity index (χ2n) is 6.71. The van der Waals surface area contributed by atoms with E-state index in [4.69, 9.17) is 0 Å². The van der Waals surface area contributed by atoms with Crippen LogP contribution in [0.15, 0.2) is 36.8 Å². The van der Waals surface area contributed by atoms with Gasteiger partial charge in [0.1, 0.15) is 0 Å². The van der Waals surface area contributed by atoms with Gasteiger partial charge in [-0.15, -0.1) is 0 Å². The average Bonchev–Trinajstić information content (AvgIpc) is 2.88. The van der Waals surface area contributed by atoms with Crippen LogP contribution >= 0.6 is 0 Å². The average molecular weight is 318 g/mol. The van der Waals surface area contributed by atoms with Gasteiger partial charge in [0, 0.05) is 49.2 Å². The Bertz CT molecular complexity index is 922. The molecule has 0 spiro atoms. The lowest BCUT2D eigenvalue weighted by Gasteiger charge is -2.23. The van der Waals surface area contributed by atoms with Gasteiger partial charge in [0.15, 0.2) is 0 Å². The van der Waals surface area contributed by atoms with Gasteiger partial charge in [0.25, 0.3) is 0 Å². The Morgan fingerprint density at radius 3 is 2.92 bits per heavy atom. The normalized spacial score (nSPS) is 15.7. The summed E-state index contributed by atoms with van der Waals surface area (Å²) in [7, 11) is 2.20. The predicted molar refractivity (Wildman–Crippen MR) is 98.6 cm³/mol. The summed E-state index contributed by atoms with van der Waals surface area (Å²) in [6, 6.07) is 6.75. The van der Waals surface area contributed by atoms with Crippen LogP contribution in [-0.2, 0) is 13.0 Å². The fraction of sp³-hybridized carbons (Fsp3) is 0.300. The summed E-state index contributed by atoms with van der Waals surface area (Å²) in [5, 5.41) is 1.37. The molecule has 122 valence electrons. The zero-order valence-electron chi connectivity index (χ0n) is 14.5. The predicted octanol–water partition coefficient (Wildman–Crippen LogP) is 3.75. The molecule has 4 heteroatoms. The number of hydrogen-bond donors (Lipinski definition) is 0. The second kappa shape index (κ2) is 5.87. The Morgan fingerprint density at radius 2 is 2.12 bits per heavy atom. The van der Waals surface area contributed by atoms with Gasteiger partial charge in [-0.3, -0.25) is 9.97 Å². The van der Waals surface area contributed by atoms with Crippen LogP contribution in [0.1, 0.15) is 29.4 Å². The molecule has 0 N–H and O–H groups in total. The SMILES string of the molecule is CC(=Cn1c2c(c3cc(C)ccc31)CN(C)CC2)c1cnccn1. The summed E-state index contributed by atoms with van der Waals surface area (Å²) in [4.78, 5) is 11.0. The van der Waals surface area contributed by atoms with Crippen molar-refractivity contribution in [3.8, 4) is 0 Å². The number of hydrogen-bond acceptors (Lipinski definition) is 3. The first-order valence-electron chi connectivity index (χ1n) is 8.39. The van der Waals surface area contributed by atoms with E-state index in [2.05, 4.69) is 64.7 Å². The Balaban J connectivity index is 1.92. The quantitative estimate of drug-likeness (QED) is 0.722. The van der Waals surface area contributed by atoms with E-state index in [9.17, 15) is 0 Å². The minimum Gasteiger partial charge on any atom is -0.320 e. The maximum absolute atomic E-state index is 4.43. The molecule has 4 nitrogen and oxygen atoms in total. The first kappa shape index (κ1) is 15.1. The van der Waals surface area contributed by atoms with E-state index in [-0.39, 0.29) is 0 Å². The highest BCUT2D eigenvalue weighted by Crippen LogP contribution is 2.32. The maximum atomic E-state index is 4.43. The van der Waals surface area contributed by atoms with Crippen LogP contribution in [0.25, 0.3) is 22.7 Å². The molecule has 0 atom stereocenters. The fourth-order valence-electron chi connectivity index (χ4n) is 3.55. The van der Waals surface area contributed by atoms with Gasteiger partial charge in [0.05, 0.1) is 17.4 Å². The number of aromatic nitrogens is 3. The minimum atomic E-state index is 0.924. The number of allylic oxidation sites excluding steroid dienone is 1. The van der Waals surface area contributed by atoms with Gasteiger partial charge in [-0.1, -0.05) is 11.6 Å². The number of likely N-dealkylation sites (N-methyl/N-ethyl adjacent to an activating group) is 1. The molecular formula is C20H22N4. The van der Waals surface area contributed by atoms with Gasteiger partial charge in [0.2, 0.25) is 0 Å². The van der Waals surface area contributed by atoms with Crippen LogP contribution in [0, 0.1) is 6.92 Å². The van der Waals surface area contributed by atoms with Gasteiger partial charge < -0.3 is 9.47 Å². The van der Waals surface area contributed by atoms with Crippen molar-refractivity contribution in [1.29, 1.82) is 0 Å². The highest BCUT2D eigenvalue weighted by Gasteiger charge is 2.21. The zero-order chi connectivity index (χ0) is 16.7. The topological polar surface area (TPSA) is 34.0 Å². The molecule has 0 bridgehead atoms. The Morgan fingerprint density at radius 1 is 1.25 bits per heavy atom. The standard InChI is InChI=1S/C20H22N4/c1-14-4-5-19-16(10-14)17-13-23(3)9-6-20(17)24(19)12-15(2)18-11-21-7-8-22-18/h4-5,7-8,10-12H,6,9,13H2,1-3H3. The van der Waals surface area contributed by atoms with E-state index in [0.29, 0.717) is 0 Å². The number of rotatable bonds is 2. The van der Waals surface area contributed by atoms with Crippen LogP contribution in [0.3, 0.4) is 0 Å². The fourth-order valence-corrected chi connectivity index (χ4v) is 3.55.